The van der Waals surface area contributed by atoms with Crippen molar-refractivity contribution >= 4 is 40.7 Å². The van der Waals surface area contributed by atoms with Gasteiger partial charge in [-0.2, -0.15) is 18.3 Å². The molecule has 1 aliphatic carbocycles. The van der Waals surface area contributed by atoms with Crippen LogP contribution in [0.25, 0.3) is 5.65 Å². The molecule has 4 aromatic rings. The van der Waals surface area contributed by atoms with E-state index in [9.17, 15) is 18.0 Å². The summed E-state index contributed by atoms with van der Waals surface area (Å²) in [4.78, 5) is 20.9. The highest BCUT2D eigenvalue weighted by Gasteiger charge is 2.37. The van der Waals surface area contributed by atoms with Crippen LogP contribution in [0.5, 0.6) is 0 Å². The van der Waals surface area contributed by atoms with E-state index >= 15 is 0 Å². The fraction of sp³-hybridized carbons (Fsp3) is 0.250. The summed E-state index contributed by atoms with van der Waals surface area (Å²) in [6, 6.07) is 7.27. The molecule has 1 aromatic carbocycles. The molecule has 1 amide bonds. The molecule has 1 N–H and O–H groups in total. The predicted molar refractivity (Wildman–Crippen MR) is 114 cm³/mol. The Labute approximate surface area is 194 Å². The molecule has 0 atom stereocenters. The molecule has 0 unspecified atom stereocenters. The van der Waals surface area contributed by atoms with E-state index < -0.39 is 17.8 Å². The molecule has 170 valence electrons. The van der Waals surface area contributed by atoms with Crippen LogP contribution in [0.2, 0.25) is 10.0 Å². The first kappa shape index (κ1) is 21.7. The minimum atomic E-state index is -4.65. The minimum absolute atomic E-state index is 0.00284. The van der Waals surface area contributed by atoms with Gasteiger partial charge < -0.3 is 0 Å². The number of hydrogen-bond donors (Lipinski definition) is 1. The first-order valence-electron chi connectivity index (χ1n) is 9.80. The van der Waals surface area contributed by atoms with Crippen LogP contribution in [0, 0.1) is 0 Å². The lowest BCUT2D eigenvalue weighted by Gasteiger charge is -2.10. The molecule has 0 aliphatic heterocycles. The van der Waals surface area contributed by atoms with Crippen molar-refractivity contribution in [1.29, 1.82) is 0 Å². The maximum Gasteiger partial charge on any atom is 0.433 e. The van der Waals surface area contributed by atoms with Crippen molar-refractivity contribution in [1.82, 2.24) is 29.4 Å². The molecular weight excluding hydrogens is 482 g/mol. The van der Waals surface area contributed by atoms with Gasteiger partial charge in [0.2, 0.25) is 5.95 Å². The molecule has 1 fully saturated rings. The Hall–Kier alpha value is -3.18. The summed E-state index contributed by atoms with van der Waals surface area (Å²) in [5.74, 6) is -0.818. The third-order valence-corrected chi connectivity index (χ3v) is 5.82. The quantitative estimate of drug-likeness (QED) is 0.428. The summed E-state index contributed by atoms with van der Waals surface area (Å²) in [6.45, 7) is 0.207. The number of nitrogens with one attached hydrogen (secondary N) is 1. The lowest BCUT2D eigenvalue weighted by Crippen LogP contribution is -2.16. The third-order valence-electron chi connectivity index (χ3n) is 5.11. The number of fused-ring (bicyclic) bond motifs is 1. The van der Waals surface area contributed by atoms with Gasteiger partial charge in [0.1, 0.15) is 12.0 Å². The smallest absolute Gasteiger partial charge is 0.288 e. The highest BCUT2D eigenvalue weighted by Crippen LogP contribution is 2.41. The topological polar surface area (TPSA) is 90.0 Å². The van der Waals surface area contributed by atoms with E-state index in [-0.39, 0.29) is 29.8 Å². The Balaban J connectivity index is 1.39. The number of carbonyl (C=O) groups excluding carboxylic acids is 1. The van der Waals surface area contributed by atoms with Crippen LogP contribution in [-0.4, -0.2) is 35.3 Å². The lowest BCUT2D eigenvalue weighted by molar-refractivity contribution is -0.142. The highest BCUT2D eigenvalue weighted by atomic mass is 35.5. The van der Waals surface area contributed by atoms with Gasteiger partial charge in [-0.3, -0.25) is 10.1 Å². The molecule has 0 saturated heterocycles. The van der Waals surface area contributed by atoms with Crippen LogP contribution in [0.4, 0.5) is 19.1 Å². The van der Waals surface area contributed by atoms with E-state index in [0.717, 1.165) is 18.9 Å². The van der Waals surface area contributed by atoms with Crippen molar-refractivity contribution in [3.05, 3.63) is 69.3 Å². The van der Waals surface area contributed by atoms with Crippen LogP contribution in [0.3, 0.4) is 0 Å². The summed E-state index contributed by atoms with van der Waals surface area (Å²) in [6.07, 6.45) is -1.71. The average Bonchev–Trinajstić information content (AvgIpc) is 3.36. The Bertz CT molecular complexity index is 1360. The standard InChI is InChI=1S/C20H14Cl2F3N7O/c21-12-2-1-3-13(22)11(12)8-31-9-26-19(30-31)28-18(33)15-7-17-27-14(10-4-5-10)6-16(20(23,24)25)32(17)29-15/h1-3,6-7,9-10H,4-5,8H2,(H,28,30,33). The fourth-order valence-electron chi connectivity index (χ4n) is 3.33. The molecular formula is C20H14Cl2F3N7O. The maximum absolute atomic E-state index is 13.5. The van der Waals surface area contributed by atoms with Gasteiger partial charge in [0.05, 0.1) is 6.54 Å². The van der Waals surface area contributed by atoms with Gasteiger partial charge in [-0.25, -0.2) is 19.2 Å². The lowest BCUT2D eigenvalue weighted by atomic mass is 10.2. The third kappa shape index (κ3) is 4.38. The summed E-state index contributed by atoms with van der Waals surface area (Å²) in [5.41, 5.74) is -0.302. The van der Waals surface area contributed by atoms with Crippen LogP contribution in [0.1, 0.15) is 46.2 Å². The van der Waals surface area contributed by atoms with Crippen LogP contribution >= 0.6 is 23.2 Å². The second kappa shape index (κ2) is 7.99. The summed E-state index contributed by atoms with van der Waals surface area (Å²) < 4.78 is 42.7. The second-order valence-corrected chi connectivity index (χ2v) is 8.37. The number of halogens is 5. The van der Waals surface area contributed by atoms with Gasteiger partial charge in [-0.1, -0.05) is 29.3 Å². The molecule has 0 spiro atoms. The van der Waals surface area contributed by atoms with Crippen LogP contribution in [0.15, 0.2) is 36.7 Å². The molecule has 13 heteroatoms. The van der Waals surface area contributed by atoms with Gasteiger partial charge in [-0.05, 0) is 31.0 Å². The van der Waals surface area contributed by atoms with Gasteiger partial charge in [0.15, 0.2) is 11.3 Å². The zero-order chi connectivity index (χ0) is 23.3. The van der Waals surface area contributed by atoms with Crippen molar-refractivity contribution in [2.24, 2.45) is 0 Å². The van der Waals surface area contributed by atoms with Crippen molar-refractivity contribution in [2.75, 3.05) is 5.32 Å². The molecule has 3 heterocycles. The molecule has 1 saturated carbocycles. The SMILES string of the molecule is O=C(Nc1ncn(Cc2c(Cl)cccc2Cl)n1)c1cc2nc(C3CC3)cc(C(F)(F)F)n2n1. The molecule has 5 rings (SSSR count). The Morgan fingerprint density at radius 2 is 1.88 bits per heavy atom. The minimum Gasteiger partial charge on any atom is -0.288 e. The number of aromatic nitrogens is 6. The fourth-order valence-corrected chi connectivity index (χ4v) is 3.85. The monoisotopic (exact) mass is 495 g/mol. The van der Waals surface area contributed by atoms with Crippen LogP contribution < -0.4 is 5.32 Å². The predicted octanol–water partition coefficient (Wildman–Crippen LogP) is 4.82. The van der Waals surface area contributed by atoms with Crippen molar-refractivity contribution in [2.45, 2.75) is 31.5 Å². The van der Waals surface area contributed by atoms with E-state index in [0.29, 0.717) is 25.8 Å². The molecule has 0 radical (unpaired) electrons. The zero-order valence-corrected chi connectivity index (χ0v) is 18.2. The zero-order valence-electron chi connectivity index (χ0n) is 16.6. The second-order valence-electron chi connectivity index (χ2n) is 7.56. The number of hydrogen-bond acceptors (Lipinski definition) is 5. The highest BCUT2D eigenvalue weighted by molar-refractivity contribution is 6.35. The summed E-state index contributed by atoms with van der Waals surface area (Å²) in [5, 5.41) is 11.3. The van der Waals surface area contributed by atoms with E-state index in [4.69, 9.17) is 23.2 Å². The van der Waals surface area contributed by atoms with E-state index in [1.54, 1.807) is 18.2 Å². The van der Waals surface area contributed by atoms with Crippen molar-refractivity contribution < 1.29 is 18.0 Å². The Morgan fingerprint density at radius 1 is 1.15 bits per heavy atom. The molecule has 1 aliphatic rings. The van der Waals surface area contributed by atoms with Gasteiger partial charge in [-0.15, -0.1) is 5.10 Å². The van der Waals surface area contributed by atoms with Crippen molar-refractivity contribution in [3.8, 4) is 0 Å². The first-order valence-corrected chi connectivity index (χ1v) is 10.6. The number of anilines is 1. The summed E-state index contributed by atoms with van der Waals surface area (Å²) >= 11 is 12.3. The van der Waals surface area contributed by atoms with Crippen molar-refractivity contribution in [3.63, 3.8) is 0 Å². The molecule has 8 nitrogen and oxygen atoms in total. The first-order chi connectivity index (χ1) is 15.7. The number of carbonyl (C=O) groups is 1. The molecule has 33 heavy (non-hydrogen) atoms. The maximum atomic E-state index is 13.5. The average molecular weight is 496 g/mol. The molecule has 3 aromatic heterocycles. The Kier molecular flexibility index (Phi) is 5.25. The van der Waals surface area contributed by atoms with E-state index in [1.807, 2.05) is 0 Å². The van der Waals surface area contributed by atoms with Gasteiger partial charge >= 0.3 is 6.18 Å². The number of benzene rings is 1. The van der Waals surface area contributed by atoms with E-state index in [2.05, 4.69) is 25.5 Å². The van der Waals surface area contributed by atoms with Gasteiger partial charge in [0, 0.05) is 33.3 Å². The number of rotatable bonds is 5. The summed E-state index contributed by atoms with van der Waals surface area (Å²) in [7, 11) is 0. The van der Waals surface area contributed by atoms with E-state index in [1.165, 1.54) is 17.1 Å². The normalized spacial score (nSPS) is 14.1. The largest absolute Gasteiger partial charge is 0.433 e. The number of nitrogens with zero attached hydrogens (tertiary/aromatic N) is 6. The molecule has 0 bridgehead atoms. The van der Waals surface area contributed by atoms with Gasteiger partial charge in [0.25, 0.3) is 5.91 Å². The van der Waals surface area contributed by atoms with Crippen LogP contribution in [-0.2, 0) is 12.7 Å². The number of alkyl halides is 3. The number of amides is 1. The Morgan fingerprint density at radius 3 is 2.55 bits per heavy atom.